The van der Waals surface area contributed by atoms with Gasteiger partial charge in [0.1, 0.15) is 5.75 Å². The number of rotatable bonds is 7. The van der Waals surface area contributed by atoms with Gasteiger partial charge in [-0.15, -0.1) is 0 Å². The number of morpholine rings is 1. The second-order valence-corrected chi connectivity index (χ2v) is 7.43. The summed E-state index contributed by atoms with van der Waals surface area (Å²) in [4.78, 5) is 27.4. The van der Waals surface area contributed by atoms with Gasteiger partial charge >= 0.3 is 5.97 Å². The third-order valence-corrected chi connectivity index (χ3v) is 4.77. The van der Waals surface area contributed by atoms with E-state index in [0.717, 1.165) is 5.69 Å². The molecule has 0 aliphatic carbocycles. The van der Waals surface area contributed by atoms with Crippen molar-refractivity contribution >= 4 is 23.3 Å². The molecule has 1 fully saturated rings. The van der Waals surface area contributed by atoms with E-state index in [2.05, 4.69) is 10.2 Å². The van der Waals surface area contributed by atoms with Crippen LogP contribution in [0.2, 0.25) is 0 Å². The van der Waals surface area contributed by atoms with Crippen molar-refractivity contribution < 1.29 is 23.8 Å². The van der Waals surface area contributed by atoms with Crippen LogP contribution in [0, 0.1) is 0 Å². The number of nitrogens with one attached hydrogen (secondary N) is 1. The largest absolute Gasteiger partial charge is 0.478 e. The summed E-state index contributed by atoms with van der Waals surface area (Å²) in [5.41, 5.74) is 0.627. The van der Waals surface area contributed by atoms with E-state index in [1.54, 1.807) is 45.0 Å². The third-order valence-electron chi connectivity index (χ3n) is 4.77. The van der Waals surface area contributed by atoms with Crippen LogP contribution in [0.1, 0.15) is 31.1 Å². The molecule has 0 bridgehead atoms. The van der Waals surface area contributed by atoms with Crippen LogP contribution < -0.4 is 15.0 Å². The van der Waals surface area contributed by atoms with E-state index in [0.29, 0.717) is 43.3 Å². The zero-order valence-corrected chi connectivity index (χ0v) is 17.6. The van der Waals surface area contributed by atoms with Gasteiger partial charge in [-0.2, -0.15) is 0 Å². The van der Waals surface area contributed by atoms with E-state index in [1.807, 2.05) is 24.3 Å². The predicted octanol–water partition coefficient (Wildman–Crippen LogP) is 3.50. The maximum Gasteiger partial charge on any atom is 0.338 e. The summed E-state index contributed by atoms with van der Waals surface area (Å²) >= 11 is 0. The van der Waals surface area contributed by atoms with E-state index < -0.39 is 11.6 Å². The predicted molar refractivity (Wildman–Crippen MR) is 115 cm³/mol. The minimum atomic E-state index is -1.12. The van der Waals surface area contributed by atoms with E-state index >= 15 is 0 Å². The van der Waals surface area contributed by atoms with Crippen LogP contribution in [0.4, 0.5) is 11.4 Å². The van der Waals surface area contributed by atoms with Gasteiger partial charge in [-0.3, -0.25) is 4.79 Å². The second-order valence-electron chi connectivity index (χ2n) is 7.43. The molecular weight excluding hydrogens is 384 g/mol. The van der Waals surface area contributed by atoms with E-state index in [1.165, 1.54) is 0 Å². The standard InChI is InChI=1S/C23H28N2O5/c1-4-29-21(26)17-10-11-20(25-12-14-28-15-13-25)19(16-17)24-22(27)23(2,3)30-18-8-6-5-7-9-18/h5-11,16H,4,12-15H2,1-3H3,(H,24,27). The zero-order valence-electron chi connectivity index (χ0n) is 17.6. The number of carbonyl (C=O) groups is 2. The Hall–Kier alpha value is -3.06. The summed E-state index contributed by atoms with van der Waals surface area (Å²) in [6.45, 7) is 8.07. The molecule has 7 heteroatoms. The van der Waals surface area contributed by atoms with Gasteiger partial charge in [0, 0.05) is 13.1 Å². The highest BCUT2D eigenvalue weighted by Gasteiger charge is 2.31. The summed E-state index contributed by atoms with van der Waals surface area (Å²) < 4.78 is 16.4. The first kappa shape index (κ1) is 21.6. The number of amides is 1. The Morgan fingerprint density at radius 2 is 1.80 bits per heavy atom. The lowest BCUT2D eigenvalue weighted by Gasteiger charge is -2.32. The summed E-state index contributed by atoms with van der Waals surface area (Å²) in [6, 6.07) is 14.4. The topological polar surface area (TPSA) is 77.1 Å². The van der Waals surface area contributed by atoms with Gasteiger partial charge < -0.3 is 24.4 Å². The molecule has 7 nitrogen and oxygen atoms in total. The number of ether oxygens (including phenoxy) is 3. The highest BCUT2D eigenvalue weighted by Crippen LogP contribution is 2.30. The highest BCUT2D eigenvalue weighted by atomic mass is 16.5. The van der Waals surface area contributed by atoms with E-state index in [4.69, 9.17) is 14.2 Å². The van der Waals surface area contributed by atoms with Gasteiger partial charge in [0.15, 0.2) is 5.60 Å². The van der Waals surface area contributed by atoms with Crippen molar-refractivity contribution in [1.29, 1.82) is 0 Å². The van der Waals surface area contributed by atoms with Crippen LogP contribution in [-0.2, 0) is 14.3 Å². The Balaban J connectivity index is 1.86. The number of esters is 1. The molecule has 1 heterocycles. The maximum absolute atomic E-state index is 13.1. The van der Waals surface area contributed by atoms with Crippen LogP contribution >= 0.6 is 0 Å². The maximum atomic E-state index is 13.1. The molecule has 2 aromatic carbocycles. The smallest absolute Gasteiger partial charge is 0.338 e. The lowest BCUT2D eigenvalue weighted by Crippen LogP contribution is -2.43. The SMILES string of the molecule is CCOC(=O)c1ccc(N2CCOCC2)c(NC(=O)C(C)(C)Oc2ccccc2)c1. The van der Waals surface area contributed by atoms with Crippen LogP contribution in [0.15, 0.2) is 48.5 Å². The first-order chi connectivity index (χ1) is 14.4. The lowest BCUT2D eigenvalue weighted by molar-refractivity contribution is -0.128. The molecule has 1 amide bonds. The molecule has 1 aliphatic heterocycles. The van der Waals surface area contributed by atoms with Crippen molar-refractivity contribution in [3.63, 3.8) is 0 Å². The number of hydrogen-bond donors (Lipinski definition) is 1. The molecule has 160 valence electrons. The van der Waals surface area contributed by atoms with Gasteiger partial charge in [-0.05, 0) is 51.1 Å². The number of para-hydroxylation sites is 1. The molecule has 3 rings (SSSR count). The lowest BCUT2D eigenvalue weighted by atomic mass is 10.1. The van der Waals surface area contributed by atoms with Crippen molar-refractivity contribution in [1.82, 2.24) is 0 Å². The Kier molecular flexibility index (Phi) is 6.95. The molecule has 1 saturated heterocycles. The van der Waals surface area contributed by atoms with Gasteiger partial charge in [-0.1, -0.05) is 18.2 Å². The summed E-state index contributed by atoms with van der Waals surface area (Å²) in [6.07, 6.45) is 0. The van der Waals surface area contributed by atoms with Crippen molar-refractivity contribution in [2.45, 2.75) is 26.4 Å². The number of carbonyl (C=O) groups excluding carboxylic acids is 2. The molecule has 0 aromatic heterocycles. The molecule has 2 aromatic rings. The first-order valence-corrected chi connectivity index (χ1v) is 10.1. The quantitative estimate of drug-likeness (QED) is 0.702. The number of benzene rings is 2. The van der Waals surface area contributed by atoms with Gasteiger partial charge in [-0.25, -0.2) is 4.79 Å². The summed E-state index contributed by atoms with van der Waals surface area (Å²) in [5, 5.41) is 2.95. The van der Waals surface area contributed by atoms with Gasteiger partial charge in [0.2, 0.25) is 0 Å². The second kappa shape index (κ2) is 9.63. The van der Waals surface area contributed by atoms with Crippen LogP contribution in [-0.4, -0.2) is 50.4 Å². The van der Waals surface area contributed by atoms with Crippen LogP contribution in [0.5, 0.6) is 5.75 Å². The number of hydrogen-bond acceptors (Lipinski definition) is 6. The average Bonchev–Trinajstić information content (AvgIpc) is 2.75. The Bertz CT molecular complexity index is 876. The first-order valence-electron chi connectivity index (χ1n) is 10.1. The Labute approximate surface area is 176 Å². The zero-order chi connectivity index (χ0) is 21.6. The molecular formula is C23H28N2O5. The molecule has 30 heavy (non-hydrogen) atoms. The molecule has 1 aliphatic rings. The van der Waals surface area contributed by atoms with Crippen molar-refractivity contribution in [2.75, 3.05) is 43.1 Å². The molecule has 0 radical (unpaired) electrons. The molecule has 0 unspecified atom stereocenters. The molecule has 1 N–H and O–H groups in total. The van der Waals surface area contributed by atoms with Crippen LogP contribution in [0.25, 0.3) is 0 Å². The van der Waals surface area contributed by atoms with E-state index in [9.17, 15) is 9.59 Å². The fraction of sp³-hybridized carbons (Fsp3) is 0.391. The highest BCUT2D eigenvalue weighted by molar-refractivity contribution is 6.01. The van der Waals surface area contributed by atoms with Crippen molar-refractivity contribution in [2.24, 2.45) is 0 Å². The van der Waals surface area contributed by atoms with Crippen LogP contribution in [0.3, 0.4) is 0 Å². The third kappa shape index (κ3) is 5.30. The minimum absolute atomic E-state index is 0.281. The summed E-state index contributed by atoms with van der Waals surface area (Å²) in [7, 11) is 0. The monoisotopic (exact) mass is 412 g/mol. The molecule has 0 spiro atoms. The average molecular weight is 412 g/mol. The minimum Gasteiger partial charge on any atom is -0.478 e. The van der Waals surface area contributed by atoms with Gasteiger partial charge in [0.25, 0.3) is 5.91 Å². The molecule has 0 saturated carbocycles. The van der Waals surface area contributed by atoms with Gasteiger partial charge in [0.05, 0.1) is 36.8 Å². The normalized spacial score (nSPS) is 14.2. The Morgan fingerprint density at radius 3 is 2.47 bits per heavy atom. The summed E-state index contributed by atoms with van der Waals surface area (Å²) in [5.74, 6) is -0.144. The Morgan fingerprint density at radius 1 is 1.10 bits per heavy atom. The van der Waals surface area contributed by atoms with E-state index in [-0.39, 0.29) is 12.5 Å². The van der Waals surface area contributed by atoms with Crippen molar-refractivity contribution in [3.05, 3.63) is 54.1 Å². The molecule has 0 atom stereocenters. The van der Waals surface area contributed by atoms with Crippen molar-refractivity contribution in [3.8, 4) is 5.75 Å². The fourth-order valence-corrected chi connectivity index (χ4v) is 3.16. The number of anilines is 2. The number of nitrogens with zero attached hydrogens (tertiary/aromatic N) is 1. The fourth-order valence-electron chi connectivity index (χ4n) is 3.16.